The Morgan fingerprint density at radius 1 is 1.38 bits per heavy atom. The summed E-state index contributed by atoms with van der Waals surface area (Å²) < 4.78 is 0. The SMILES string of the molecule is CCCCN[SiH](C)C. The summed E-state index contributed by atoms with van der Waals surface area (Å²) in [5.74, 6) is 0. The smallest absolute Gasteiger partial charge is 0.102 e. The monoisotopic (exact) mass is 131 g/mol. The summed E-state index contributed by atoms with van der Waals surface area (Å²) in [5.41, 5.74) is 0. The minimum atomic E-state index is -0.452. The van der Waals surface area contributed by atoms with E-state index >= 15 is 0 Å². The zero-order chi connectivity index (χ0) is 6.41. The topological polar surface area (TPSA) is 12.0 Å². The van der Waals surface area contributed by atoms with Gasteiger partial charge in [0.25, 0.3) is 0 Å². The highest BCUT2D eigenvalue weighted by molar-refractivity contribution is 6.52. The Balaban J connectivity index is 2.72. The second-order valence-electron chi connectivity index (χ2n) is 2.46. The first-order chi connectivity index (χ1) is 3.77. The molecule has 0 radical (unpaired) electrons. The van der Waals surface area contributed by atoms with Gasteiger partial charge in [0.1, 0.15) is 8.96 Å². The molecule has 0 saturated heterocycles. The maximum absolute atomic E-state index is 3.49. The largest absolute Gasteiger partial charge is 0.340 e. The third-order valence-corrected chi connectivity index (χ3v) is 2.19. The molecule has 0 amide bonds. The molecule has 0 aliphatic heterocycles. The summed E-state index contributed by atoms with van der Waals surface area (Å²) in [6, 6.07) is 0. The lowest BCUT2D eigenvalue weighted by Gasteiger charge is -2.03. The average molecular weight is 131 g/mol. The van der Waals surface area contributed by atoms with Gasteiger partial charge in [0, 0.05) is 0 Å². The first-order valence-electron chi connectivity index (χ1n) is 3.50. The van der Waals surface area contributed by atoms with Crippen molar-refractivity contribution in [2.75, 3.05) is 6.54 Å². The highest BCUT2D eigenvalue weighted by Crippen LogP contribution is 1.82. The second kappa shape index (κ2) is 5.32. The van der Waals surface area contributed by atoms with E-state index in [2.05, 4.69) is 25.0 Å². The van der Waals surface area contributed by atoms with Gasteiger partial charge in [-0.25, -0.2) is 0 Å². The third kappa shape index (κ3) is 6.18. The standard InChI is InChI=1S/C6H17NSi/c1-4-5-6-7-8(2)3/h7-8H,4-6H2,1-3H3. The summed E-state index contributed by atoms with van der Waals surface area (Å²) >= 11 is 0. The molecule has 0 aromatic rings. The van der Waals surface area contributed by atoms with E-state index in [0.29, 0.717) is 0 Å². The van der Waals surface area contributed by atoms with Crippen LogP contribution in [0.3, 0.4) is 0 Å². The lowest BCUT2D eigenvalue weighted by molar-refractivity contribution is 0.762. The first kappa shape index (κ1) is 8.18. The van der Waals surface area contributed by atoms with Gasteiger partial charge in [0.2, 0.25) is 0 Å². The van der Waals surface area contributed by atoms with Crippen molar-refractivity contribution in [3.8, 4) is 0 Å². The van der Waals surface area contributed by atoms with Crippen LogP contribution < -0.4 is 4.98 Å². The molecule has 0 unspecified atom stereocenters. The average Bonchev–Trinajstić information content (AvgIpc) is 1.66. The normalized spacial score (nSPS) is 10.5. The Morgan fingerprint density at radius 2 is 2.00 bits per heavy atom. The van der Waals surface area contributed by atoms with Crippen LogP contribution in [0.1, 0.15) is 19.8 Å². The van der Waals surface area contributed by atoms with E-state index < -0.39 is 8.96 Å². The minimum Gasteiger partial charge on any atom is -0.340 e. The fourth-order valence-electron chi connectivity index (χ4n) is 0.568. The Hall–Kier alpha value is 0.177. The highest BCUT2D eigenvalue weighted by atomic mass is 28.3. The molecular weight excluding hydrogens is 114 g/mol. The van der Waals surface area contributed by atoms with Crippen molar-refractivity contribution in [3.63, 3.8) is 0 Å². The fourth-order valence-corrected chi connectivity index (χ4v) is 1.35. The molecular formula is C6H17NSi. The van der Waals surface area contributed by atoms with Crippen molar-refractivity contribution in [1.82, 2.24) is 4.98 Å². The molecule has 8 heavy (non-hydrogen) atoms. The van der Waals surface area contributed by atoms with Gasteiger partial charge in [-0.3, -0.25) is 0 Å². The van der Waals surface area contributed by atoms with Crippen molar-refractivity contribution in [2.24, 2.45) is 0 Å². The highest BCUT2D eigenvalue weighted by Gasteiger charge is 1.89. The molecule has 0 aromatic heterocycles. The molecule has 0 saturated carbocycles. The van der Waals surface area contributed by atoms with Gasteiger partial charge in [-0.2, -0.15) is 0 Å². The minimum absolute atomic E-state index is 0.452. The van der Waals surface area contributed by atoms with Crippen molar-refractivity contribution in [2.45, 2.75) is 32.9 Å². The van der Waals surface area contributed by atoms with Crippen LogP contribution in [0.25, 0.3) is 0 Å². The fraction of sp³-hybridized carbons (Fsp3) is 1.00. The Morgan fingerprint density at radius 3 is 2.38 bits per heavy atom. The first-order valence-corrected chi connectivity index (χ1v) is 6.39. The van der Waals surface area contributed by atoms with E-state index in [1.807, 2.05) is 0 Å². The van der Waals surface area contributed by atoms with Crippen molar-refractivity contribution < 1.29 is 0 Å². The van der Waals surface area contributed by atoms with E-state index in [0.717, 1.165) is 0 Å². The lowest BCUT2D eigenvalue weighted by atomic mass is 10.3. The number of rotatable bonds is 4. The van der Waals surface area contributed by atoms with Crippen LogP contribution >= 0.6 is 0 Å². The molecule has 0 atom stereocenters. The number of unbranched alkanes of at least 4 members (excludes halogenated alkanes) is 1. The molecule has 0 fully saturated rings. The molecule has 1 N–H and O–H groups in total. The van der Waals surface area contributed by atoms with Gasteiger partial charge >= 0.3 is 0 Å². The van der Waals surface area contributed by atoms with Gasteiger partial charge < -0.3 is 4.98 Å². The van der Waals surface area contributed by atoms with Crippen LogP contribution in [0.15, 0.2) is 0 Å². The number of nitrogens with one attached hydrogen (secondary N) is 1. The predicted octanol–water partition coefficient (Wildman–Crippen LogP) is 1.36. The summed E-state index contributed by atoms with van der Waals surface area (Å²) in [4.78, 5) is 3.49. The summed E-state index contributed by atoms with van der Waals surface area (Å²) in [6.45, 7) is 8.09. The molecule has 0 aromatic carbocycles. The molecule has 0 aliphatic rings. The number of hydrogen-bond donors (Lipinski definition) is 1. The van der Waals surface area contributed by atoms with Crippen LogP contribution in [0.4, 0.5) is 0 Å². The Kier molecular flexibility index (Phi) is 5.43. The lowest BCUT2D eigenvalue weighted by Crippen LogP contribution is -2.27. The molecule has 0 aliphatic carbocycles. The third-order valence-electron chi connectivity index (χ3n) is 1.08. The summed E-state index contributed by atoms with van der Waals surface area (Å²) in [6.07, 6.45) is 2.65. The van der Waals surface area contributed by atoms with Crippen molar-refractivity contribution >= 4 is 8.96 Å². The van der Waals surface area contributed by atoms with Crippen LogP contribution in [-0.2, 0) is 0 Å². The van der Waals surface area contributed by atoms with E-state index in [4.69, 9.17) is 0 Å². The van der Waals surface area contributed by atoms with Crippen LogP contribution in [0.2, 0.25) is 13.1 Å². The molecule has 0 heterocycles. The van der Waals surface area contributed by atoms with Gasteiger partial charge in [0.15, 0.2) is 0 Å². The van der Waals surface area contributed by atoms with Gasteiger partial charge in [-0.1, -0.05) is 26.4 Å². The number of hydrogen-bond acceptors (Lipinski definition) is 1. The zero-order valence-electron chi connectivity index (χ0n) is 6.20. The zero-order valence-corrected chi connectivity index (χ0v) is 7.35. The van der Waals surface area contributed by atoms with Crippen LogP contribution in [-0.4, -0.2) is 15.5 Å². The van der Waals surface area contributed by atoms with Crippen molar-refractivity contribution in [3.05, 3.63) is 0 Å². The van der Waals surface area contributed by atoms with Crippen LogP contribution in [0.5, 0.6) is 0 Å². The predicted molar refractivity (Wildman–Crippen MR) is 41.8 cm³/mol. The summed E-state index contributed by atoms with van der Waals surface area (Å²) in [5, 5.41) is 0. The molecule has 2 heteroatoms. The van der Waals surface area contributed by atoms with Crippen molar-refractivity contribution in [1.29, 1.82) is 0 Å². The molecule has 1 nitrogen and oxygen atoms in total. The van der Waals surface area contributed by atoms with Crippen LogP contribution in [0, 0.1) is 0 Å². The Labute approximate surface area is 54.2 Å². The molecule has 50 valence electrons. The van der Waals surface area contributed by atoms with Gasteiger partial charge in [-0.05, 0) is 13.0 Å². The van der Waals surface area contributed by atoms with Gasteiger partial charge in [0.05, 0.1) is 0 Å². The maximum atomic E-state index is 3.49. The van der Waals surface area contributed by atoms with E-state index in [1.165, 1.54) is 19.4 Å². The molecule has 0 bridgehead atoms. The van der Waals surface area contributed by atoms with Gasteiger partial charge in [-0.15, -0.1) is 0 Å². The van der Waals surface area contributed by atoms with E-state index in [9.17, 15) is 0 Å². The summed E-state index contributed by atoms with van der Waals surface area (Å²) in [7, 11) is -0.452. The molecule has 0 spiro atoms. The van der Waals surface area contributed by atoms with E-state index in [1.54, 1.807) is 0 Å². The second-order valence-corrected chi connectivity index (χ2v) is 5.18. The van der Waals surface area contributed by atoms with E-state index in [-0.39, 0.29) is 0 Å². The quantitative estimate of drug-likeness (QED) is 0.449. The Bertz CT molecular complexity index is 45.8. The molecule has 0 rings (SSSR count). The maximum Gasteiger partial charge on any atom is 0.102 e.